The van der Waals surface area contributed by atoms with Gasteiger partial charge in [-0.15, -0.1) is 0 Å². The summed E-state index contributed by atoms with van der Waals surface area (Å²) in [5, 5.41) is 0. The summed E-state index contributed by atoms with van der Waals surface area (Å²) in [5.41, 5.74) is 4.82. The Bertz CT molecular complexity index is 204. The number of hydrogen-bond acceptors (Lipinski definition) is 3. The van der Waals surface area contributed by atoms with E-state index in [1.807, 2.05) is 41.5 Å². The topological polar surface area (TPSA) is 52.3 Å². The van der Waals surface area contributed by atoms with Crippen LogP contribution in [0.2, 0.25) is 0 Å². The molecule has 0 radical (unpaired) electrons. The molecule has 2 N–H and O–H groups in total. The number of hydrogen-bond donors (Lipinski definition) is 1. The summed E-state index contributed by atoms with van der Waals surface area (Å²) >= 11 is 0. The third kappa shape index (κ3) is 3.66. The smallest absolute Gasteiger partial charge is 0.313 e. The van der Waals surface area contributed by atoms with Gasteiger partial charge in [0.25, 0.3) is 0 Å². The lowest BCUT2D eigenvalue weighted by Gasteiger charge is -2.32. The molecule has 3 nitrogen and oxygen atoms in total. The fourth-order valence-electron chi connectivity index (χ4n) is 1.07. The quantitative estimate of drug-likeness (QED) is 0.711. The van der Waals surface area contributed by atoms with E-state index < -0.39 is 11.0 Å². The molecule has 0 unspecified atom stereocenters. The maximum absolute atomic E-state index is 11.8. The fourth-order valence-corrected chi connectivity index (χ4v) is 1.07. The normalized spacial score (nSPS) is 15.1. The van der Waals surface area contributed by atoms with E-state index in [4.69, 9.17) is 10.5 Å². The Morgan fingerprint density at radius 3 is 2.00 bits per heavy atom. The van der Waals surface area contributed by atoms with Crippen molar-refractivity contribution in [3.63, 3.8) is 0 Å². The summed E-state index contributed by atoms with van der Waals surface area (Å²) in [6.45, 7) is 11.2. The maximum Gasteiger partial charge on any atom is 0.313 e. The van der Waals surface area contributed by atoms with Crippen LogP contribution in [0.1, 0.15) is 48.0 Å². The molecule has 0 aliphatic carbocycles. The average molecular weight is 201 g/mol. The van der Waals surface area contributed by atoms with Gasteiger partial charge in [0.2, 0.25) is 0 Å². The van der Waals surface area contributed by atoms with Crippen LogP contribution in [0, 0.1) is 5.41 Å². The lowest BCUT2D eigenvalue weighted by molar-refractivity contribution is -0.166. The van der Waals surface area contributed by atoms with Crippen molar-refractivity contribution in [3.05, 3.63) is 0 Å². The first-order valence-electron chi connectivity index (χ1n) is 5.10. The Hall–Kier alpha value is -0.570. The molecule has 0 saturated heterocycles. The van der Waals surface area contributed by atoms with Crippen molar-refractivity contribution in [3.8, 4) is 0 Å². The molecular weight excluding hydrogens is 178 g/mol. The number of carbonyl (C=O) groups excluding carboxylic acids is 1. The van der Waals surface area contributed by atoms with E-state index in [9.17, 15) is 4.79 Å². The van der Waals surface area contributed by atoms with Crippen molar-refractivity contribution in [2.45, 2.75) is 59.6 Å². The van der Waals surface area contributed by atoms with Gasteiger partial charge in [-0.2, -0.15) is 0 Å². The number of esters is 1. The Kier molecular flexibility index (Phi) is 4.13. The van der Waals surface area contributed by atoms with Crippen molar-refractivity contribution in [1.29, 1.82) is 0 Å². The molecule has 84 valence electrons. The van der Waals surface area contributed by atoms with Gasteiger partial charge in [0, 0.05) is 6.04 Å². The first-order chi connectivity index (χ1) is 6.11. The van der Waals surface area contributed by atoms with Crippen molar-refractivity contribution in [1.82, 2.24) is 0 Å². The van der Waals surface area contributed by atoms with Crippen LogP contribution in [-0.4, -0.2) is 17.6 Å². The molecular formula is C11H23NO2. The molecule has 1 atom stereocenters. The molecule has 0 amide bonds. The van der Waals surface area contributed by atoms with Crippen LogP contribution in [0.3, 0.4) is 0 Å². The summed E-state index contributed by atoms with van der Waals surface area (Å²) in [5.74, 6) is -0.223. The highest BCUT2D eigenvalue weighted by Gasteiger charge is 2.37. The molecule has 0 rings (SSSR count). The van der Waals surface area contributed by atoms with Gasteiger partial charge < -0.3 is 10.5 Å². The van der Waals surface area contributed by atoms with Crippen LogP contribution < -0.4 is 5.73 Å². The van der Waals surface area contributed by atoms with Crippen molar-refractivity contribution < 1.29 is 9.53 Å². The van der Waals surface area contributed by atoms with Crippen molar-refractivity contribution in [2.24, 2.45) is 11.1 Å². The molecule has 0 aromatic rings. The minimum Gasteiger partial charge on any atom is -0.460 e. The number of ether oxygens (including phenoxy) is 1. The summed E-state index contributed by atoms with van der Waals surface area (Å²) in [7, 11) is 0. The molecule has 0 aromatic carbocycles. The number of nitrogens with two attached hydrogens (primary N) is 1. The second-order valence-electron chi connectivity index (χ2n) is 5.24. The second-order valence-corrected chi connectivity index (χ2v) is 5.24. The van der Waals surface area contributed by atoms with E-state index in [2.05, 4.69) is 0 Å². The Morgan fingerprint density at radius 1 is 1.29 bits per heavy atom. The van der Waals surface area contributed by atoms with Crippen LogP contribution in [0.5, 0.6) is 0 Å². The summed E-state index contributed by atoms with van der Waals surface area (Å²) in [4.78, 5) is 11.8. The van der Waals surface area contributed by atoms with E-state index in [1.165, 1.54) is 0 Å². The van der Waals surface area contributed by atoms with Gasteiger partial charge in [0.15, 0.2) is 0 Å². The molecule has 0 spiro atoms. The number of carbonyl (C=O) groups is 1. The first-order valence-corrected chi connectivity index (χ1v) is 5.10. The third-order valence-electron chi connectivity index (χ3n) is 2.29. The summed E-state index contributed by atoms with van der Waals surface area (Å²) < 4.78 is 5.31. The Balaban J connectivity index is 4.52. The van der Waals surface area contributed by atoms with Gasteiger partial charge in [-0.3, -0.25) is 4.79 Å². The fraction of sp³-hybridized carbons (Fsp3) is 0.909. The minimum absolute atomic E-state index is 0.155. The number of rotatable bonds is 3. The SMILES string of the molecule is CC[C@H](N)C(C)(C)C(=O)OC(C)(C)C. The van der Waals surface area contributed by atoms with Gasteiger partial charge in [0.1, 0.15) is 5.60 Å². The third-order valence-corrected chi connectivity index (χ3v) is 2.29. The summed E-state index contributed by atoms with van der Waals surface area (Å²) in [6.07, 6.45) is 0.770. The molecule has 0 bridgehead atoms. The lowest BCUT2D eigenvalue weighted by atomic mass is 9.83. The predicted octanol–water partition coefficient (Wildman–Crippen LogP) is 2.09. The second kappa shape index (κ2) is 4.30. The molecule has 0 fully saturated rings. The molecule has 3 heteroatoms. The van der Waals surface area contributed by atoms with Gasteiger partial charge in [-0.05, 0) is 41.0 Å². The van der Waals surface area contributed by atoms with Gasteiger partial charge in [-0.25, -0.2) is 0 Å². The van der Waals surface area contributed by atoms with Gasteiger partial charge in [0.05, 0.1) is 5.41 Å². The van der Waals surface area contributed by atoms with Crippen LogP contribution >= 0.6 is 0 Å². The highest BCUT2D eigenvalue weighted by atomic mass is 16.6. The van der Waals surface area contributed by atoms with Crippen molar-refractivity contribution in [2.75, 3.05) is 0 Å². The Labute approximate surface area is 87.0 Å². The zero-order valence-corrected chi connectivity index (χ0v) is 10.2. The average Bonchev–Trinajstić information content (AvgIpc) is 1.99. The Morgan fingerprint density at radius 2 is 1.71 bits per heavy atom. The highest BCUT2D eigenvalue weighted by Crippen LogP contribution is 2.25. The largest absolute Gasteiger partial charge is 0.460 e. The first kappa shape index (κ1) is 13.4. The van der Waals surface area contributed by atoms with E-state index in [1.54, 1.807) is 0 Å². The van der Waals surface area contributed by atoms with Crippen LogP contribution in [0.25, 0.3) is 0 Å². The van der Waals surface area contributed by atoms with Crippen LogP contribution in [0.4, 0.5) is 0 Å². The van der Waals surface area contributed by atoms with Gasteiger partial charge >= 0.3 is 5.97 Å². The van der Waals surface area contributed by atoms with E-state index in [0.29, 0.717) is 0 Å². The summed E-state index contributed by atoms with van der Waals surface area (Å²) in [6, 6.07) is -0.155. The highest BCUT2D eigenvalue weighted by molar-refractivity contribution is 5.77. The molecule has 0 aliphatic heterocycles. The van der Waals surface area contributed by atoms with Gasteiger partial charge in [-0.1, -0.05) is 6.92 Å². The maximum atomic E-state index is 11.8. The van der Waals surface area contributed by atoms with Crippen LogP contribution in [0.15, 0.2) is 0 Å². The molecule has 14 heavy (non-hydrogen) atoms. The zero-order valence-electron chi connectivity index (χ0n) is 10.2. The zero-order chi connectivity index (χ0) is 11.6. The van der Waals surface area contributed by atoms with E-state index >= 15 is 0 Å². The monoisotopic (exact) mass is 201 g/mol. The minimum atomic E-state index is -0.609. The van der Waals surface area contributed by atoms with E-state index in [0.717, 1.165) is 6.42 Å². The molecule has 0 heterocycles. The molecule has 0 aromatic heterocycles. The lowest BCUT2D eigenvalue weighted by Crippen LogP contribution is -2.45. The van der Waals surface area contributed by atoms with Crippen LogP contribution in [-0.2, 0) is 9.53 Å². The van der Waals surface area contributed by atoms with Crippen molar-refractivity contribution >= 4 is 5.97 Å². The standard InChI is InChI=1S/C11H23NO2/c1-7-8(12)11(5,6)9(13)14-10(2,3)4/h8H,7,12H2,1-6H3/t8-/m0/s1. The molecule has 0 saturated carbocycles. The van der Waals surface area contributed by atoms with E-state index in [-0.39, 0.29) is 12.0 Å². The molecule has 0 aliphatic rings. The predicted molar refractivity (Wildman–Crippen MR) is 57.9 cm³/mol.